The van der Waals surface area contributed by atoms with Gasteiger partial charge in [0.1, 0.15) is 146 Å². The van der Waals surface area contributed by atoms with Gasteiger partial charge in [-0.3, -0.25) is 19.2 Å². The molecule has 6 rings (SSSR count). The van der Waals surface area contributed by atoms with E-state index in [1.54, 1.807) is 0 Å². The van der Waals surface area contributed by atoms with Gasteiger partial charge in [0, 0.05) is 27.2 Å². The van der Waals surface area contributed by atoms with Gasteiger partial charge >= 0.3 is 0 Å². The van der Waals surface area contributed by atoms with E-state index >= 15 is 0 Å². The molecule has 4 amide bonds. The number of carboxylic acid groups (broad SMARTS) is 1. The van der Waals surface area contributed by atoms with Crippen LogP contribution >= 0.6 is 0 Å². The normalized spacial score (nSPS) is 43.8. The van der Waals surface area contributed by atoms with Crippen molar-refractivity contribution in [2.75, 3.05) is 52.9 Å². The zero-order valence-corrected chi connectivity index (χ0v) is 47.7. The summed E-state index contributed by atoms with van der Waals surface area (Å²) < 4.78 is 70.2. The van der Waals surface area contributed by atoms with E-state index in [-0.39, 0.29) is 6.41 Å². The first-order valence-corrected chi connectivity index (χ1v) is 27.9. The molecule has 6 aliphatic rings. The van der Waals surface area contributed by atoms with Crippen LogP contribution in [0.1, 0.15) is 27.2 Å². The average molecular weight is 1300 g/mol. The average Bonchev–Trinajstić information content (AvgIpc) is 1.45. The Hall–Kier alpha value is -3.85. The van der Waals surface area contributed by atoms with Crippen LogP contribution in [0.4, 0.5) is 0 Å². The molecular formula is C49H81N4O36-. The lowest BCUT2D eigenvalue weighted by atomic mass is 9.88. The Morgan fingerprint density at radius 1 is 0.517 bits per heavy atom. The van der Waals surface area contributed by atoms with Crippen molar-refractivity contribution in [3.63, 3.8) is 0 Å². The highest BCUT2D eigenvalue weighted by molar-refractivity contribution is 5.75. The second-order valence-electron chi connectivity index (χ2n) is 21.8. The van der Waals surface area contributed by atoms with Crippen molar-refractivity contribution in [3.8, 4) is 0 Å². The molecule has 6 heterocycles. The van der Waals surface area contributed by atoms with Crippen molar-refractivity contribution in [2.24, 2.45) is 0 Å². The lowest BCUT2D eigenvalue weighted by Crippen LogP contribution is -2.73. The van der Waals surface area contributed by atoms with Gasteiger partial charge in [-0.25, -0.2) is 0 Å². The summed E-state index contributed by atoms with van der Waals surface area (Å²) in [5.74, 6) is -8.74. The molecule has 6 aliphatic heterocycles. The minimum Gasteiger partial charge on any atom is -0.544 e. The quantitative estimate of drug-likeness (QED) is 0.0324. The first kappa shape index (κ1) is 74.2. The predicted molar refractivity (Wildman–Crippen MR) is 272 cm³/mol. The molecule has 514 valence electrons. The third kappa shape index (κ3) is 16.9. The molecule has 0 aliphatic carbocycles. The van der Waals surface area contributed by atoms with E-state index in [1.165, 1.54) is 0 Å². The number of amides is 4. The predicted octanol–water partition coefficient (Wildman–Crippen LogP) is -16.7. The Labute approximate surface area is 504 Å². The van der Waals surface area contributed by atoms with E-state index in [4.69, 9.17) is 56.8 Å². The minimum absolute atomic E-state index is 0.223. The summed E-state index contributed by atoms with van der Waals surface area (Å²) in [5.41, 5.74) is 0. The van der Waals surface area contributed by atoms with Gasteiger partial charge in [0.25, 0.3) is 0 Å². The highest BCUT2D eigenvalue weighted by Crippen LogP contribution is 2.41. The maximum Gasteiger partial charge on any atom is 0.217 e. The van der Waals surface area contributed by atoms with Gasteiger partial charge in [-0.15, -0.1) is 0 Å². The molecule has 40 heteroatoms. The zero-order chi connectivity index (χ0) is 66.1. The van der Waals surface area contributed by atoms with E-state index in [0.29, 0.717) is 0 Å². The SMILES string of the molecule is CC(=O)N[C@H]1[C@H](O[C@H]2[C@@H](O)[C@@H](CO)O[C@@H](O[C@H]3[C@@H](O)[C@@H](CO)O[C@@H](O[C@@H]4[C@H](O[C@]5(C(=O)[O-])C[C@H](O)[C@@H](NC(C)=O)[C@H]([C@H](O)[C@H](O)CO)O5)[C@@H](O)[C@H](O[C@H]5[C@H](O)[C@@H](O)[C@H](OC[C@@H](CO)NC=O)O[C@@H]5CO)O[C@@H]4CO)[C@@H]3NC(C)=O)[C@@H]2O)O[C@H](CO)[C@H](O)[C@@H]1O. The molecule has 0 spiro atoms. The molecule has 0 aromatic heterocycles. The van der Waals surface area contributed by atoms with E-state index in [1.807, 2.05) is 0 Å². The Balaban J connectivity index is 1.41. The monoisotopic (exact) mass is 1300 g/mol. The van der Waals surface area contributed by atoms with Crippen LogP contribution in [0.5, 0.6) is 0 Å². The number of aliphatic carboxylic acids is 1. The number of aliphatic hydroxyl groups is 18. The van der Waals surface area contributed by atoms with E-state index in [2.05, 4.69) is 21.3 Å². The number of ether oxygens (including phenoxy) is 12. The lowest BCUT2D eigenvalue weighted by molar-refractivity contribution is -0.421. The van der Waals surface area contributed by atoms with E-state index in [9.17, 15) is 121 Å². The fourth-order valence-electron chi connectivity index (χ4n) is 11.0. The van der Waals surface area contributed by atoms with Crippen LogP contribution in [-0.2, 0) is 80.8 Å². The van der Waals surface area contributed by atoms with Gasteiger partial charge in [0.2, 0.25) is 29.9 Å². The fourth-order valence-corrected chi connectivity index (χ4v) is 11.0. The number of hydrogen-bond donors (Lipinski definition) is 22. The summed E-state index contributed by atoms with van der Waals surface area (Å²) in [4.78, 5) is 62.3. The highest BCUT2D eigenvalue weighted by atomic mass is 16.8. The molecule has 40 nitrogen and oxygen atoms in total. The standard InChI is InChI=1S/C49H82N4O36/c1-14(62)51-25-18(65)4-49(48(76)77,88-40(25)28(67)19(66)6-55)89-42-36(75)47(84-37-23(10-59)82-45(34(73)33(37)72)78-12-17(5-54)50-13-61)83-24(11-60)38(42)85-44-27(53-16(3)64)39(30(69)21(8-57)80-44)86-46-35(74)41(31(70)22(9-58)81-46)87-43-26(52-15(2)63)32(71)29(68)20(7-56)79-43/h13,17-47,54-60,65-75H,4-12H2,1-3H3,(H,50,61)(H,51,62)(H,52,63)(H,53,64)(H,76,77)/p-1/t17-,18+,19-,20-,21-,22-,23-,24-,25-,26-,27-,28-,29+,30+,31+,32-,33-,34-,35-,36-,37-,38+,39-,40-,41+,42-,43+,44+,45-,46+,47+,49+/m1/s1. The molecule has 32 atom stereocenters. The second-order valence-corrected chi connectivity index (χ2v) is 21.8. The second kappa shape index (κ2) is 32.8. The van der Waals surface area contributed by atoms with Crippen molar-refractivity contribution < 1.29 is 178 Å². The molecule has 0 bridgehead atoms. The summed E-state index contributed by atoms with van der Waals surface area (Å²) >= 11 is 0. The maximum atomic E-state index is 13.6. The molecule has 6 fully saturated rings. The summed E-state index contributed by atoms with van der Waals surface area (Å²) in [5, 5.41) is 219. The first-order chi connectivity index (χ1) is 42.1. The van der Waals surface area contributed by atoms with Gasteiger partial charge in [-0.1, -0.05) is 0 Å². The highest BCUT2D eigenvalue weighted by Gasteiger charge is 2.61. The first-order valence-electron chi connectivity index (χ1n) is 27.9. The van der Waals surface area contributed by atoms with Crippen LogP contribution in [0.3, 0.4) is 0 Å². The Morgan fingerprint density at radius 3 is 1.49 bits per heavy atom. The van der Waals surface area contributed by atoms with Gasteiger partial charge in [0.05, 0.1) is 71.0 Å². The number of carbonyl (C=O) groups excluding carboxylic acids is 5. The van der Waals surface area contributed by atoms with Crippen LogP contribution < -0.4 is 26.4 Å². The van der Waals surface area contributed by atoms with Crippen molar-refractivity contribution in [2.45, 2.75) is 223 Å². The summed E-state index contributed by atoms with van der Waals surface area (Å²) in [6.45, 7) is -5.26. The third-order valence-electron chi connectivity index (χ3n) is 15.6. The van der Waals surface area contributed by atoms with Crippen LogP contribution in [-0.4, -0.2) is 371 Å². The fraction of sp³-hybridized carbons (Fsp3) is 0.898. The number of aliphatic hydroxyl groups excluding tert-OH is 18. The smallest absolute Gasteiger partial charge is 0.217 e. The van der Waals surface area contributed by atoms with E-state index < -0.39 is 279 Å². The molecule has 0 saturated carbocycles. The van der Waals surface area contributed by atoms with Gasteiger partial charge < -0.3 is 180 Å². The summed E-state index contributed by atoms with van der Waals surface area (Å²) in [6.07, 6.45) is -58.6. The van der Waals surface area contributed by atoms with Gasteiger partial charge in [-0.2, -0.15) is 0 Å². The zero-order valence-electron chi connectivity index (χ0n) is 47.7. The number of carbonyl (C=O) groups is 5. The molecule has 0 radical (unpaired) electrons. The maximum absolute atomic E-state index is 13.6. The lowest BCUT2D eigenvalue weighted by Gasteiger charge is -2.54. The molecule has 6 saturated heterocycles. The summed E-state index contributed by atoms with van der Waals surface area (Å²) in [6, 6.07) is -6.62. The minimum atomic E-state index is -3.54. The number of nitrogens with one attached hydrogen (secondary N) is 4. The van der Waals surface area contributed by atoms with Crippen LogP contribution in [0.25, 0.3) is 0 Å². The Bertz CT molecular complexity index is 2270. The van der Waals surface area contributed by atoms with Gasteiger partial charge in [0.15, 0.2) is 31.5 Å². The molecule has 0 unspecified atom stereocenters. The van der Waals surface area contributed by atoms with Crippen LogP contribution in [0.2, 0.25) is 0 Å². The molecule has 0 aromatic rings. The summed E-state index contributed by atoms with van der Waals surface area (Å²) in [7, 11) is 0. The van der Waals surface area contributed by atoms with Crippen molar-refractivity contribution in [1.82, 2.24) is 21.3 Å². The Morgan fingerprint density at radius 2 is 0.966 bits per heavy atom. The van der Waals surface area contributed by atoms with Crippen LogP contribution in [0.15, 0.2) is 0 Å². The molecule has 22 N–H and O–H groups in total. The number of rotatable bonds is 28. The van der Waals surface area contributed by atoms with Gasteiger partial charge in [-0.05, 0) is 0 Å². The largest absolute Gasteiger partial charge is 0.544 e. The van der Waals surface area contributed by atoms with E-state index in [0.717, 1.165) is 20.8 Å². The number of carboxylic acids is 1. The Kier molecular flexibility index (Phi) is 27.4. The van der Waals surface area contributed by atoms with Crippen molar-refractivity contribution in [3.05, 3.63) is 0 Å². The van der Waals surface area contributed by atoms with Crippen molar-refractivity contribution in [1.29, 1.82) is 0 Å². The molecular weight excluding hydrogens is 1220 g/mol. The van der Waals surface area contributed by atoms with Crippen molar-refractivity contribution >= 4 is 30.1 Å². The third-order valence-corrected chi connectivity index (χ3v) is 15.6. The molecule has 89 heavy (non-hydrogen) atoms. The van der Waals surface area contributed by atoms with Crippen LogP contribution in [0, 0.1) is 0 Å². The molecule has 0 aromatic carbocycles. The topological polar surface area (TPSA) is 631 Å². The number of hydrogen-bond acceptors (Lipinski definition) is 36.